The van der Waals surface area contributed by atoms with Crippen LogP contribution in [-0.4, -0.2) is 18.1 Å². The number of anilines is 1. The molecule has 0 saturated heterocycles. The van der Waals surface area contributed by atoms with Gasteiger partial charge in [0, 0.05) is 11.1 Å². The lowest BCUT2D eigenvalue weighted by molar-refractivity contribution is 0.0975. The minimum Gasteiger partial charge on any atom is -0.495 e. The number of nitrogens with one attached hydrogen (secondary N) is 2. The standard InChI is InChI=1S/C28H19BrN2O4S/c1-34-25-22(14-17-6-2-4-8-20(17)24(25)29)26(32)31-28(36)30-19-12-10-16(11-13-19)21-15-18-7-3-5-9-23(18)35-27(21)33/h2-15H,1H3,(H2,30,31,32,36). The number of hydrogen-bond acceptors (Lipinski definition) is 5. The van der Waals surface area contributed by atoms with Gasteiger partial charge < -0.3 is 14.5 Å². The molecule has 0 radical (unpaired) electrons. The number of carbonyl (C=O) groups is 1. The molecule has 1 heterocycles. The van der Waals surface area contributed by atoms with Gasteiger partial charge in [0.05, 0.1) is 22.7 Å². The number of fused-ring (bicyclic) bond motifs is 2. The summed E-state index contributed by atoms with van der Waals surface area (Å²) >= 11 is 8.90. The summed E-state index contributed by atoms with van der Waals surface area (Å²) < 4.78 is 11.6. The first-order valence-corrected chi connectivity index (χ1v) is 12.2. The van der Waals surface area contributed by atoms with E-state index in [0.717, 1.165) is 16.2 Å². The van der Waals surface area contributed by atoms with Crippen LogP contribution in [-0.2, 0) is 0 Å². The molecule has 0 atom stereocenters. The zero-order valence-electron chi connectivity index (χ0n) is 19.0. The molecule has 0 fully saturated rings. The molecule has 1 aromatic heterocycles. The van der Waals surface area contributed by atoms with E-state index in [0.29, 0.717) is 38.2 Å². The number of halogens is 1. The minimum atomic E-state index is -0.410. The maximum absolute atomic E-state index is 13.0. The molecule has 0 bridgehead atoms. The molecule has 6 nitrogen and oxygen atoms in total. The van der Waals surface area contributed by atoms with Gasteiger partial charge in [0.25, 0.3) is 5.91 Å². The van der Waals surface area contributed by atoms with E-state index in [9.17, 15) is 9.59 Å². The van der Waals surface area contributed by atoms with Crippen LogP contribution in [0.2, 0.25) is 0 Å². The van der Waals surface area contributed by atoms with Crippen molar-refractivity contribution in [3.63, 3.8) is 0 Å². The van der Waals surface area contributed by atoms with Crippen LogP contribution >= 0.6 is 28.1 Å². The van der Waals surface area contributed by atoms with Gasteiger partial charge in [-0.25, -0.2) is 4.79 Å². The average Bonchev–Trinajstić information content (AvgIpc) is 2.88. The molecule has 1 amide bonds. The molecule has 0 spiro atoms. The van der Waals surface area contributed by atoms with Crippen LogP contribution in [0.3, 0.4) is 0 Å². The first-order valence-electron chi connectivity index (χ1n) is 11.0. The second-order valence-electron chi connectivity index (χ2n) is 7.96. The summed E-state index contributed by atoms with van der Waals surface area (Å²) in [6.45, 7) is 0. The topological polar surface area (TPSA) is 80.6 Å². The van der Waals surface area contributed by atoms with Crippen LogP contribution in [0.5, 0.6) is 5.75 Å². The Labute approximate surface area is 220 Å². The highest BCUT2D eigenvalue weighted by Gasteiger charge is 2.19. The highest BCUT2D eigenvalue weighted by atomic mass is 79.9. The lowest BCUT2D eigenvalue weighted by Gasteiger charge is -2.14. The number of benzene rings is 4. The van der Waals surface area contributed by atoms with Crippen molar-refractivity contribution in [2.45, 2.75) is 0 Å². The third-order valence-electron chi connectivity index (χ3n) is 5.71. The van der Waals surface area contributed by atoms with Gasteiger partial charge in [-0.1, -0.05) is 54.6 Å². The summed E-state index contributed by atoms with van der Waals surface area (Å²) in [5, 5.41) is 8.50. The Hall–Kier alpha value is -4.01. The monoisotopic (exact) mass is 558 g/mol. The van der Waals surface area contributed by atoms with Gasteiger partial charge in [0.2, 0.25) is 0 Å². The lowest BCUT2D eigenvalue weighted by atomic mass is 10.1. The van der Waals surface area contributed by atoms with E-state index >= 15 is 0 Å². The smallest absolute Gasteiger partial charge is 0.344 e. The van der Waals surface area contributed by atoms with Gasteiger partial charge in [-0.05, 0) is 74.8 Å². The molecule has 2 N–H and O–H groups in total. The molecule has 5 aromatic rings. The summed E-state index contributed by atoms with van der Waals surface area (Å²) in [4.78, 5) is 25.5. The van der Waals surface area contributed by atoms with Crippen molar-refractivity contribution in [2.75, 3.05) is 12.4 Å². The van der Waals surface area contributed by atoms with Crippen molar-refractivity contribution >= 4 is 66.6 Å². The zero-order valence-corrected chi connectivity index (χ0v) is 21.4. The van der Waals surface area contributed by atoms with E-state index in [2.05, 4.69) is 26.6 Å². The molecule has 8 heteroatoms. The number of para-hydroxylation sites is 1. The summed E-state index contributed by atoms with van der Waals surface area (Å²) in [6, 6.07) is 25.7. The molecule has 178 valence electrons. The van der Waals surface area contributed by atoms with E-state index in [-0.39, 0.29) is 5.11 Å². The highest BCUT2D eigenvalue weighted by Crippen LogP contribution is 2.36. The van der Waals surface area contributed by atoms with Crippen LogP contribution in [0.4, 0.5) is 5.69 Å². The number of thiocarbonyl (C=S) groups is 1. The van der Waals surface area contributed by atoms with Crippen molar-refractivity contribution in [2.24, 2.45) is 0 Å². The third-order valence-corrected chi connectivity index (χ3v) is 6.70. The lowest BCUT2D eigenvalue weighted by Crippen LogP contribution is -2.34. The zero-order chi connectivity index (χ0) is 25.2. The predicted molar refractivity (Wildman–Crippen MR) is 150 cm³/mol. The van der Waals surface area contributed by atoms with Crippen LogP contribution in [0, 0.1) is 0 Å². The molecule has 0 aliphatic heterocycles. The maximum Gasteiger partial charge on any atom is 0.344 e. The fourth-order valence-corrected chi connectivity index (χ4v) is 4.93. The summed E-state index contributed by atoms with van der Waals surface area (Å²) in [5.74, 6) is 0.0220. The van der Waals surface area contributed by atoms with Crippen molar-refractivity contribution in [3.8, 4) is 16.9 Å². The second kappa shape index (κ2) is 9.93. The van der Waals surface area contributed by atoms with Crippen LogP contribution in [0.25, 0.3) is 32.9 Å². The van der Waals surface area contributed by atoms with E-state index < -0.39 is 11.5 Å². The number of methoxy groups -OCH3 is 1. The molecule has 0 saturated carbocycles. The Balaban J connectivity index is 1.33. The van der Waals surface area contributed by atoms with Gasteiger partial charge in [0.15, 0.2) is 5.11 Å². The maximum atomic E-state index is 13.0. The fraction of sp³-hybridized carbons (Fsp3) is 0.0357. The summed E-state index contributed by atoms with van der Waals surface area (Å²) in [5.41, 5.74) is 2.31. The summed E-state index contributed by atoms with van der Waals surface area (Å²) in [7, 11) is 1.51. The quantitative estimate of drug-likeness (QED) is 0.193. The largest absolute Gasteiger partial charge is 0.495 e. The number of ether oxygens (including phenoxy) is 1. The molecular formula is C28H19BrN2O4S. The van der Waals surface area contributed by atoms with Crippen molar-refractivity contribution in [1.82, 2.24) is 5.32 Å². The minimum absolute atomic E-state index is 0.129. The predicted octanol–water partition coefficient (Wildman–Crippen LogP) is 6.51. The molecule has 0 aliphatic rings. The van der Waals surface area contributed by atoms with E-state index in [4.69, 9.17) is 21.4 Å². The van der Waals surface area contributed by atoms with Gasteiger partial charge in [-0.2, -0.15) is 0 Å². The third kappa shape index (κ3) is 4.60. The molecule has 0 aliphatic carbocycles. The first-order chi connectivity index (χ1) is 17.4. The first kappa shape index (κ1) is 23.7. The summed E-state index contributed by atoms with van der Waals surface area (Å²) in [6.07, 6.45) is 0. The fourth-order valence-electron chi connectivity index (χ4n) is 3.98. The van der Waals surface area contributed by atoms with Gasteiger partial charge in [0.1, 0.15) is 11.3 Å². The van der Waals surface area contributed by atoms with E-state index in [1.165, 1.54) is 7.11 Å². The van der Waals surface area contributed by atoms with Crippen molar-refractivity contribution in [3.05, 3.63) is 105 Å². The second-order valence-corrected chi connectivity index (χ2v) is 9.16. The number of amides is 1. The van der Waals surface area contributed by atoms with Crippen LogP contribution in [0.15, 0.2) is 98.6 Å². The Bertz CT molecular complexity index is 1700. The van der Waals surface area contributed by atoms with Gasteiger partial charge in [-0.15, -0.1) is 0 Å². The molecule has 36 heavy (non-hydrogen) atoms. The number of carbonyl (C=O) groups excluding carboxylic acids is 1. The van der Waals surface area contributed by atoms with Gasteiger partial charge >= 0.3 is 5.63 Å². The Morgan fingerprint density at radius 3 is 2.39 bits per heavy atom. The Kier molecular flexibility index (Phi) is 6.54. The Morgan fingerprint density at radius 1 is 0.944 bits per heavy atom. The molecular weight excluding hydrogens is 540 g/mol. The molecule has 5 rings (SSSR count). The molecule has 4 aromatic carbocycles. The Morgan fingerprint density at radius 2 is 1.64 bits per heavy atom. The normalized spacial score (nSPS) is 10.8. The highest BCUT2D eigenvalue weighted by molar-refractivity contribution is 9.10. The molecule has 0 unspecified atom stereocenters. The van der Waals surface area contributed by atoms with Crippen molar-refractivity contribution in [1.29, 1.82) is 0 Å². The van der Waals surface area contributed by atoms with Crippen LogP contribution < -0.4 is 21.0 Å². The number of rotatable bonds is 4. The number of hydrogen-bond donors (Lipinski definition) is 2. The van der Waals surface area contributed by atoms with Crippen LogP contribution in [0.1, 0.15) is 10.4 Å². The average molecular weight is 559 g/mol. The SMILES string of the molecule is COc1c(C(=O)NC(=S)Nc2ccc(-c3cc4ccccc4oc3=O)cc2)cc2ccccc2c1Br. The van der Waals surface area contributed by atoms with Gasteiger partial charge in [-0.3, -0.25) is 10.1 Å². The van der Waals surface area contributed by atoms with E-state index in [1.54, 1.807) is 36.4 Å². The van der Waals surface area contributed by atoms with Crippen molar-refractivity contribution < 1.29 is 13.9 Å². The van der Waals surface area contributed by atoms with E-state index in [1.807, 2.05) is 48.5 Å².